The molecule has 104 valence electrons. The van der Waals surface area contributed by atoms with E-state index in [0.717, 1.165) is 30.6 Å². The fourth-order valence-electron chi connectivity index (χ4n) is 2.42. The van der Waals surface area contributed by atoms with E-state index in [1.807, 2.05) is 17.5 Å². The molecule has 4 heteroatoms. The van der Waals surface area contributed by atoms with Crippen LogP contribution in [0.15, 0.2) is 23.6 Å². The van der Waals surface area contributed by atoms with Crippen LogP contribution in [0.1, 0.15) is 43.4 Å². The van der Waals surface area contributed by atoms with Crippen molar-refractivity contribution in [1.29, 1.82) is 0 Å². The van der Waals surface area contributed by atoms with Crippen LogP contribution < -0.4 is 5.32 Å². The monoisotopic (exact) mass is 279 g/mol. The minimum Gasteiger partial charge on any atom is -0.388 e. The lowest BCUT2D eigenvalue weighted by Crippen LogP contribution is -2.42. The molecule has 2 rings (SSSR count). The highest BCUT2D eigenvalue weighted by molar-refractivity contribution is 7.10. The van der Waals surface area contributed by atoms with E-state index in [1.54, 1.807) is 17.4 Å². The number of carbonyl (C=O) groups is 1. The molecular formula is C15H21NO2S. The third-order valence-corrected chi connectivity index (χ3v) is 4.41. The molecule has 0 radical (unpaired) electrons. The standard InChI is InChI=1S/C15H21NO2S/c17-14(8-7-13-6-5-11-19-13)16-12-15(18)9-3-1-2-4-10-15/h5-8,11,18H,1-4,9-10,12H2,(H,16,17). The van der Waals surface area contributed by atoms with Crippen LogP contribution in [0.3, 0.4) is 0 Å². The summed E-state index contributed by atoms with van der Waals surface area (Å²) in [5, 5.41) is 15.2. The summed E-state index contributed by atoms with van der Waals surface area (Å²) in [4.78, 5) is 12.8. The summed E-state index contributed by atoms with van der Waals surface area (Å²) in [6.07, 6.45) is 9.41. The Morgan fingerprint density at radius 1 is 1.37 bits per heavy atom. The van der Waals surface area contributed by atoms with Gasteiger partial charge < -0.3 is 10.4 Å². The molecule has 1 aromatic rings. The minimum absolute atomic E-state index is 0.133. The van der Waals surface area contributed by atoms with Gasteiger partial charge in [-0.25, -0.2) is 0 Å². The van der Waals surface area contributed by atoms with Crippen molar-refractivity contribution in [3.8, 4) is 0 Å². The van der Waals surface area contributed by atoms with Crippen LogP contribution in [0, 0.1) is 0 Å². The highest BCUT2D eigenvalue weighted by Crippen LogP contribution is 2.26. The molecule has 0 aromatic carbocycles. The van der Waals surface area contributed by atoms with Gasteiger partial charge >= 0.3 is 0 Å². The van der Waals surface area contributed by atoms with Crippen molar-refractivity contribution in [1.82, 2.24) is 5.32 Å². The third kappa shape index (κ3) is 4.80. The lowest BCUT2D eigenvalue weighted by Gasteiger charge is -2.26. The van der Waals surface area contributed by atoms with E-state index in [0.29, 0.717) is 6.54 Å². The molecule has 0 spiro atoms. The summed E-state index contributed by atoms with van der Waals surface area (Å²) >= 11 is 1.60. The predicted molar refractivity (Wildman–Crippen MR) is 79.0 cm³/mol. The third-order valence-electron chi connectivity index (χ3n) is 3.57. The first kappa shape index (κ1) is 14.3. The van der Waals surface area contributed by atoms with Gasteiger partial charge in [-0.2, -0.15) is 0 Å². The fourth-order valence-corrected chi connectivity index (χ4v) is 3.04. The molecule has 1 saturated carbocycles. The van der Waals surface area contributed by atoms with E-state index in [1.165, 1.54) is 18.9 Å². The summed E-state index contributed by atoms with van der Waals surface area (Å²) in [6.45, 7) is 0.362. The molecule has 0 aliphatic heterocycles. The Bertz CT molecular complexity index is 417. The number of thiophene rings is 1. The summed E-state index contributed by atoms with van der Waals surface area (Å²) in [7, 11) is 0. The summed E-state index contributed by atoms with van der Waals surface area (Å²) < 4.78 is 0. The Balaban J connectivity index is 1.79. The number of nitrogens with one attached hydrogen (secondary N) is 1. The van der Waals surface area contributed by atoms with Gasteiger partial charge in [0.2, 0.25) is 5.91 Å². The second-order valence-corrected chi connectivity index (χ2v) is 6.18. The Hall–Kier alpha value is -1.13. The van der Waals surface area contributed by atoms with Gasteiger partial charge in [0.1, 0.15) is 0 Å². The maximum absolute atomic E-state index is 11.7. The summed E-state index contributed by atoms with van der Waals surface area (Å²) in [5.74, 6) is -0.133. The molecule has 19 heavy (non-hydrogen) atoms. The molecule has 3 nitrogen and oxygen atoms in total. The molecule has 1 aliphatic rings. The van der Waals surface area contributed by atoms with Gasteiger partial charge in [-0.15, -0.1) is 11.3 Å². The van der Waals surface area contributed by atoms with Gasteiger partial charge in [-0.1, -0.05) is 31.7 Å². The zero-order chi connectivity index (χ0) is 13.6. The average molecular weight is 279 g/mol. The summed E-state index contributed by atoms with van der Waals surface area (Å²) in [5.41, 5.74) is -0.705. The molecule has 1 amide bonds. The first-order valence-corrected chi connectivity index (χ1v) is 7.78. The van der Waals surface area contributed by atoms with E-state index in [9.17, 15) is 9.90 Å². The summed E-state index contributed by atoms with van der Waals surface area (Å²) in [6, 6.07) is 3.92. The zero-order valence-corrected chi connectivity index (χ0v) is 11.9. The maximum atomic E-state index is 11.7. The van der Waals surface area contributed by atoms with Crippen molar-refractivity contribution in [2.45, 2.75) is 44.1 Å². The lowest BCUT2D eigenvalue weighted by atomic mass is 9.94. The first-order chi connectivity index (χ1) is 9.18. The van der Waals surface area contributed by atoms with Crippen molar-refractivity contribution < 1.29 is 9.90 Å². The second kappa shape index (κ2) is 6.87. The average Bonchev–Trinajstić information content (AvgIpc) is 2.83. The largest absolute Gasteiger partial charge is 0.388 e. The van der Waals surface area contributed by atoms with E-state index < -0.39 is 5.60 Å². The molecule has 2 N–H and O–H groups in total. The van der Waals surface area contributed by atoms with Gasteiger partial charge in [0, 0.05) is 17.5 Å². The van der Waals surface area contributed by atoms with Gasteiger partial charge in [0.25, 0.3) is 0 Å². The van der Waals surface area contributed by atoms with Gasteiger partial charge in [0.15, 0.2) is 0 Å². The number of rotatable bonds is 4. The number of amides is 1. The molecule has 0 saturated heterocycles. The normalized spacial score (nSPS) is 19.2. The molecule has 0 unspecified atom stereocenters. The number of aliphatic hydroxyl groups is 1. The molecule has 0 bridgehead atoms. The van der Waals surface area contributed by atoms with Gasteiger partial charge in [-0.05, 0) is 30.4 Å². The second-order valence-electron chi connectivity index (χ2n) is 5.21. The Morgan fingerprint density at radius 2 is 2.11 bits per heavy atom. The van der Waals surface area contributed by atoms with Crippen molar-refractivity contribution in [2.75, 3.05) is 6.54 Å². The Labute approximate surface area is 118 Å². The van der Waals surface area contributed by atoms with E-state index in [-0.39, 0.29) is 5.91 Å². The van der Waals surface area contributed by atoms with Crippen LogP contribution >= 0.6 is 11.3 Å². The zero-order valence-electron chi connectivity index (χ0n) is 11.1. The maximum Gasteiger partial charge on any atom is 0.244 e. The van der Waals surface area contributed by atoms with Crippen LogP contribution in [0.2, 0.25) is 0 Å². The molecule has 0 atom stereocenters. The Morgan fingerprint density at radius 3 is 2.74 bits per heavy atom. The molecule has 1 heterocycles. The number of carbonyl (C=O) groups excluding carboxylic acids is 1. The van der Waals surface area contributed by atoms with E-state index in [2.05, 4.69) is 5.32 Å². The number of hydrogen-bond donors (Lipinski definition) is 2. The van der Waals surface area contributed by atoms with Crippen LogP contribution in [0.25, 0.3) is 6.08 Å². The predicted octanol–water partition coefficient (Wildman–Crippen LogP) is 2.96. The van der Waals surface area contributed by atoms with Crippen molar-refractivity contribution in [3.63, 3.8) is 0 Å². The van der Waals surface area contributed by atoms with E-state index >= 15 is 0 Å². The van der Waals surface area contributed by atoms with Crippen molar-refractivity contribution >= 4 is 23.3 Å². The number of hydrogen-bond acceptors (Lipinski definition) is 3. The lowest BCUT2D eigenvalue weighted by molar-refractivity contribution is -0.117. The van der Waals surface area contributed by atoms with Gasteiger partial charge in [-0.3, -0.25) is 4.79 Å². The van der Waals surface area contributed by atoms with Crippen molar-refractivity contribution in [3.05, 3.63) is 28.5 Å². The van der Waals surface area contributed by atoms with Crippen LogP contribution in [-0.2, 0) is 4.79 Å². The molecule has 1 fully saturated rings. The van der Waals surface area contributed by atoms with Crippen LogP contribution in [0.4, 0.5) is 0 Å². The fraction of sp³-hybridized carbons (Fsp3) is 0.533. The van der Waals surface area contributed by atoms with Crippen LogP contribution in [0.5, 0.6) is 0 Å². The highest BCUT2D eigenvalue weighted by Gasteiger charge is 2.27. The molecule has 1 aliphatic carbocycles. The van der Waals surface area contributed by atoms with E-state index in [4.69, 9.17) is 0 Å². The van der Waals surface area contributed by atoms with Crippen LogP contribution in [-0.4, -0.2) is 23.2 Å². The topological polar surface area (TPSA) is 49.3 Å². The minimum atomic E-state index is -0.705. The Kier molecular flexibility index (Phi) is 5.16. The smallest absolute Gasteiger partial charge is 0.244 e. The van der Waals surface area contributed by atoms with Crippen molar-refractivity contribution in [2.24, 2.45) is 0 Å². The quantitative estimate of drug-likeness (QED) is 0.657. The molecular weight excluding hydrogens is 258 g/mol. The highest BCUT2D eigenvalue weighted by atomic mass is 32.1. The SMILES string of the molecule is O=C(C=Cc1cccs1)NCC1(O)CCCCCC1. The first-order valence-electron chi connectivity index (χ1n) is 6.90. The van der Waals surface area contributed by atoms with Gasteiger partial charge in [0.05, 0.1) is 5.60 Å². The molecule has 1 aromatic heterocycles.